The number of fused-ring (bicyclic) bond motifs is 2. The van der Waals surface area contributed by atoms with Gasteiger partial charge in [0.05, 0.1) is 11.4 Å². The van der Waals surface area contributed by atoms with Gasteiger partial charge < -0.3 is 14.6 Å². The van der Waals surface area contributed by atoms with E-state index in [2.05, 4.69) is 15.2 Å². The number of nitrogens with zero attached hydrogens (tertiary/aromatic N) is 3. The number of anilines is 2. The Kier molecular flexibility index (Phi) is 11.8. The fraction of sp³-hybridized carbons (Fsp3) is 0.314. The van der Waals surface area contributed by atoms with Crippen LogP contribution in [0.1, 0.15) is 92.5 Å². The van der Waals surface area contributed by atoms with E-state index in [0.29, 0.717) is 30.5 Å². The molecule has 10 heteroatoms. The molecule has 0 aliphatic carbocycles. The molecular weight excluding hydrogens is 590 g/mol. The fourth-order valence-electron chi connectivity index (χ4n) is 4.77. The van der Waals surface area contributed by atoms with E-state index in [4.69, 9.17) is 9.68 Å². The number of rotatable bonds is 14. The normalized spacial score (nSPS) is 12.7. The van der Waals surface area contributed by atoms with Gasteiger partial charge in [-0.05, 0) is 67.6 Å². The summed E-state index contributed by atoms with van der Waals surface area (Å²) < 4.78 is 0. The topological polar surface area (TPSA) is 115 Å². The highest BCUT2D eigenvalue weighted by atomic mass is 32.2. The first-order valence-electron chi connectivity index (χ1n) is 15.1. The molecule has 0 amide bonds. The number of hydrogen-bond donors (Lipinski definition) is 0. The zero-order valence-electron chi connectivity index (χ0n) is 26.0. The Hall–Kier alpha value is -4.57. The zero-order valence-corrected chi connectivity index (χ0v) is 26.8. The van der Waals surface area contributed by atoms with Gasteiger partial charge in [0.1, 0.15) is 11.4 Å². The third kappa shape index (κ3) is 8.76. The number of carbonyl (C=O) groups is 4. The van der Waals surface area contributed by atoms with Gasteiger partial charge in [0.15, 0.2) is 0 Å². The number of unbranched alkanes of at least 4 members (excludes halogenated alkanes) is 2. The van der Waals surface area contributed by atoms with E-state index in [1.165, 1.54) is 25.6 Å². The maximum Gasteiger partial charge on any atom is 0.331 e. The van der Waals surface area contributed by atoms with Crippen LogP contribution in [0.25, 0.3) is 0 Å². The molecule has 3 aromatic rings. The van der Waals surface area contributed by atoms with Gasteiger partial charge in [-0.15, -0.1) is 0 Å². The van der Waals surface area contributed by atoms with Crippen LogP contribution in [-0.2, 0) is 25.8 Å². The Morgan fingerprint density at radius 1 is 0.689 bits per heavy atom. The molecule has 9 nitrogen and oxygen atoms in total. The Morgan fingerprint density at radius 3 is 1.58 bits per heavy atom. The minimum absolute atomic E-state index is 0.189. The Bertz CT molecular complexity index is 1530. The van der Waals surface area contributed by atoms with E-state index < -0.39 is 11.9 Å². The van der Waals surface area contributed by atoms with Crippen molar-refractivity contribution in [1.29, 1.82) is 0 Å². The number of Topliss-reactive ketones (excluding diaryl/α,β-unsaturated/α-hetero) is 2. The standard InChI is InChI=1S/C35H37N3O6S/c1-5-7-14-28(36-43-23(3)39)34(41)26-16-18-30-32(20-26)45-33-21-27(35(42)29(15-8-6-2)37-44-24(4)40)17-19-31(33)38(30)22-25-12-10-9-11-13-25/h9-13,16-21H,5-8,14-15,22H2,1-4H3/b36-28+,37-29+. The van der Waals surface area contributed by atoms with Crippen molar-refractivity contribution in [2.75, 3.05) is 4.90 Å². The highest BCUT2D eigenvalue weighted by molar-refractivity contribution is 7.99. The summed E-state index contributed by atoms with van der Waals surface area (Å²) in [6.07, 6.45) is 3.92. The van der Waals surface area contributed by atoms with Crippen molar-refractivity contribution in [3.8, 4) is 0 Å². The molecule has 0 aromatic heterocycles. The molecule has 0 radical (unpaired) electrons. The van der Waals surface area contributed by atoms with E-state index in [1.807, 2.05) is 68.4 Å². The van der Waals surface area contributed by atoms with E-state index in [-0.39, 0.29) is 23.0 Å². The Balaban J connectivity index is 1.75. The molecule has 0 N–H and O–H groups in total. The zero-order chi connectivity index (χ0) is 32.3. The van der Waals surface area contributed by atoms with Gasteiger partial charge in [-0.25, -0.2) is 9.59 Å². The van der Waals surface area contributed by atoms with E-state index in [1.54, 1.807) is 12.1 Å². The predicted molar refractivity (Wildman–Crippen MR) is 175 cm³/mol. The first-order valence-corrected chi connectivity index (χ1v) is 15.9. The molecule has 0 saturated heterocycles. The second-order valence-corrected chi connectivity index (χ2v) is 11.7. The lowest BCUT2D eigenvalue weighted by Gasteiger charge is -2.33. The second-order valence-electron chi connectivity index (χ2n) is 10.6. The van der Waals surface area contributed by atoms with Crippen LogP contribution < -0.4 is 4.90 Å². The van der Waals surface area contributed by atoms with Crippen molar-refractivity contribution in [3.05, 3.63) is 83.4 Å². The van der Waals surface area contributed by atoms with Crippen molar-refractivity contribution < 1.29 is 28.9 Å². The molecule has 0 bridgehead atoms. The molecule has 3 aromatic carbocycles. The van der Waals surface area contributed by atoms with Gasteiger partial charge in [-0.2, -0.15) is 0 Å². The third-order valence-corrected chi connectivity index (χ3v) is 8.15. The lowest BCUT2D eigenvalue weighted by molar-refractivity contribution is -0.141. The molecule has 0 atom stereocenters. The van der Waals surface area contributed by atoms with Crippen LogP contribution in [0, 0.1) is 0 Å². The highest BCUT2D eigenvalue weighted by Gasteiger charge is 2.27. The summed E-state index contributed by atoms with van der Waals surface area (Å²) in [6, 6.07) is 21.0. The van der Waals surface area contributed by atoms with Crippen LogP contribution in [0.4, 0.5) is 11.4 Å². The molecule has 1 aliphatic heterocycles. The SMILES string of the molecule is CCCC/C(=N\OC(C)=O)C(=O)c1ccc2c(c1)Sc1cc(C(=O)/C(CCCC)=N/OC(C)=O)ccc1N2Cc1ccccc1. The lowest BCUT2D eigenvalue weighted by atomic mass is 10.0. The minimum atomic E-state index is -0.591. The second kappa shape index (κ2) is 15.9. The number of hydrogen-bond acceptors (Lipinski definition) is 10. The lowest BCUT2D eigenvalue weighted by Crippen LogP contribution is -2.22. The summed E-state index contributed by atoms with van der Waals surface area (Å²) in [4.78, 5) is 63.4. The summed E-state index contributed by atoms with van der Waals surface area (Å²) in [5.41, 5.74) is 4.15. The average molecular weight is 628 g/mol. The molecule has 0 fully saturated rings. The maximum absolute atomic E-state index is 13.5. The predicted octanol–water partition coefficient (Wildman–Crippen LogP) is 8.07. The van der Waals surface area contributed by atoms with E-state index >= 15 is 0 Å². The van der Waals surface area contributed by atoms with Crippen molar-refractivity contribution in [2.24, 2.45) is 10.3 Å². The Morgan fingerprint density at radius 2 is 1.16 bits per heavy atom. The Labute approximate surface area is 267 Å². The molecule has 0 spiro atoms. The van der Waals surface area contributed by atoms with E-state index in [9.17, 15) is 19.2 Å². The molecule has 0 unspecified atom stereocenters. The van der Waals surface area contributed by atoms with Gasteiger partial charge in [-0.3, -0.25) is 9.59 Å². The molecule has 4 rings (SSSR count). The molecule has 1 heterocycles. The van der Waals surface area contributed by atoms with Gasteiger partial charge in [0, 0.05) is 41.3 Å². The van der Waals surface area contributed by atoms with E-state index in [0.717, 1.165) is 52.4 Å². The molecular formula is C35H37N3O6S. The molecule has 45 heavy (non-hydrogen) atoms. The van der Waals surface area contributed by atoms with Crippen molar-refractivity contribution >= 4 is 58.1 Å². The maximum atomic E-state index is 13.5. The number of oxime groups is 2. The van der Waals surface area contributed by atoms with Crippen molar-refractivity contribution in [3.63, 3.8) is 0 Å². The molecule has 1 aliphatic rings. The van der Waals surface area contributed by atoms with Crippen LogP contribution in [0.2, 0.25) is 0 Å². The fourth-order valence-corrected chi connectivity index (χ4v) is 5.94. The van der Waals surface area contributed by atoms with Crippen LogP contribution in [0.5, 0.6) is 0 Å². The first kappa shape index (κ1) is 33.3. The average Bonchev–Trinajstić information content (AvgIpc) is 3.04. The van der Waals surface area contributed by atoms with Crippen LogP contribution in [0.3, 0.4) is 0 Å². The van der Waals surface area contributed by atoms with Crippen LogP contribution in [0.15, 0.2) is 86.8 Å². The van der Waals surface area contributed by atoms with Gasteiger partial charge in [-0.1, -0.05) is 79.1 Å². The van der Waals surface area contributed by atoms with Crippen LogP contribution >= 0.6 is 11.8 Å². The van der Waals surface area contributed by atoms with Gasteiger partial charge in [0.25, 0.3) is 0 Å². The third-order valence-electron chi connectivity index (χ3n) is 7.06. The molecule has 234 valence electrons. The van der Waals surface area contributed by atoms with Crippen LogP contribution in [-0.4, -0.2) is 34.9 Å². The smallest absolute Gasteiger partial charge is 0.331 e. The summed E-state index contributed by atoms with van der Waals surface area (Å²) >= 11 is 1.46. The van der Waals surface area contributed by atoms with Crippen molar-refractivity contribution in [1.82, 2.24) is 0 Å². The number of ketones is 2. The quantitative estimate of drug-likeness (QED) is 0.0763. The number of benzene rings is 3. The monoisotopic (exact) mass is 627 g/mol. The van der Waals surface area contributed by atoms with Gasteiger partial charge in [0.2, 0.25) is 11.6 Å². The summed E-state index contributed by atoms with van der Waals surface area (Å²) in [7, 11) is 0. The minimum Gasteiger partial charge on any atom is -0.335 e. The summed E-state index contributed by atoms with van der Waals surface area (Å²) in [5.74, 6) is -1.79. The largest absolute Gasteiger partial charge is 0.335 e. The number of carbonyl (C=O) groups excluding carboxylic acids is 4. The summed E-state index contributed by atoms with van der Waals surface area (Å²) in [6.45, 7) is 7.07. The van der Waals surface area contributed by atoms with Crippen molar-refractivity contribution in [2.45, 2.75) is 82.6 Å². The highest BCUT2D eigenvalue weighted by Crippen LogP contribution is 2.49. The summed E-state index contributed by atoms with van der Waals surface area (Å²) in [5, 5.41) is 7.74. The van der Waals surface area contributed by atoms with Gasteiger partial charge >= 0.3 is 11.9 Å². The first-order chi connectivity index (χ1) is 21.7. The molecule has 0 saturated carbocycles.